The number of aromatic hydroxyl groups is 1. The van der Waals surface area contributed by atoms with E-state index in [2.05, 4.69) is 15.5 Å². The molecule has 7 heteroatoms. The molecule has 4 aromatic rings. The largest absolute Gasteiger partial charge is 0.493 e. The van der Waals surface area contributed by atoms with Crippen molar-refractivity contribution in [3.05, 3.63) is 88.9 Å². The van der Waals surface area contributed by atoms with Crippen molar-refractivity contribution >= 4 is 51.2 Å². The lowest BCUT2D eigenvalue weighted by molar-refractivity contribution is 0.429. The Bertz CT molecular complexity index is 1250. The quantitative estimate of drug-likeness (QED) is 0.273. The minimum Gasteiger partial charge on any atom is -0.493 e. The smallest absolute Gasteiger partial charge is 0.221 e. The Morgan fingerprint density at radius 3 is 2.60 bits per heavy atom. The predicted octanol–water partition coefficient (Wildman–Crippen LogP) is 6.84. The van der Waals surface area contributed by atoms with Crippen molar-refractivity contribution in [2.75, 3.05) is 5.32 Å². The number of rotatable bonds is 4. The lowest BCUT2D eigenvalue weighted by Crippen LogP contribution is -2.04. The van der Waals surface area contributed by atoms with Crippen LogP contribution in [0.4, 0.5) is 11.4 Å². The molecule has 0 saturated carbocycles. The highest BCUT2D eigenvalue weighted by Gasteiger charge is 2.17. The van der Waals surface area contributed by atoms with Gasteiger partial charge in [0.05, 0.1) is 12.1 Å². The van der Waals surface area contributed by atoms with Gasteiger partial charge in [-0.1, -0.05) is 59.6 Å². The summed E-state index contributed by atoms with van der Waals surface area (Å²) in [5.41, 5.74) is 4.18. The highest BCUT2D eigenvalue weighted by molar-refractivity contribution is 7.80. The van der Waals surface area contributed by atoms with Gasteiger partial charge in [0, 0.05) is 16.1 Å². The molecule has 0 aliphatic carbocycles. The van der Waals surface area contributed by atoms with Crippen LogP contribution in [0.3, 0.4) is 0 Å². The van der Waals surface area contributed by atoms with E-state index >= 15 is 0 Å². The number of anilines is 1. The number of hydrogen-bond donors (Lipinski definition) is 2. The van der Waals surface area contributed by atoms with Crippen LogP contribution in [0.5, 0.6) is 5.88 Å². The molecule has 0 amide bonds. The second-order valence-corrected chi connectivity index (χ2v) is 7.72. The summed E-state index contributed by atoms with van der Waals surface area (Å²) in [4.78, 5) is 0. The van der Waals surface area contributed by atoms with Crippen molar-refractivity contribution in [2.24, 2.45) is 10.2 Å². The number of fused-ring (bicyclic) bond motifs is 1. The first-order valence-electron chi connectivity index (χ1n) is 9.35. The maximum absolute atomic E-state index is 10.9. The fourth-order valence-corrected chi connectivity index (χ4v) is 3.60. The fraction of sp³-hybridized carbons (Fsp3) is 0.0870. The normalized spacial score (nSPS) is 11.3. The summed E-state index contributed by atoms with van der Waals surface area (Å²) in [6, 6.07) is 23.0. The van der Waals surface area contributed by atoms with Gasteiger partial charge in [-0.25, -0.2) is 0 Å². The molecular weight excluding hydrogens is 416 g/mol. The number of azo groups is 1. The SMILES string of the molecule is Cc1ccc(NC(=S)N=Nc2c(O)n(Cc3cccc(Cl)c3)c3ccccc23)cc1. The van der Waals surface area contributed by atoms with Crippen molar-refractivity contribution in [3.63, 3.8) is 0 Å². The molecule has 150 valence electrons. The number of para-hydroxylation sites is 1. The van der Waals surface area contributed by atoms with Crippen molar-refractivity contribution in [1.82, 2.24) is 4.57 Å². The molecule has 0 fully saturated rings. The molecular formula is C23H19ClN4OS. The van der Waals surface area contributed by atoms with E-state index in [0.29, 0.717) is 17.3 Å². The Kier molecular flexibility index (Phi) is 5.79. The summed E-state index contributed by atoms with van der Waals surface area (Å²) in [7, 11) is 0. The van der Waals surface area contributed by atoms with E-state index < -0.39 is 0 Å². The van der Waals surface area contributed by atoms with Crippen LogP contribution in [-0.2, 0) is 6.54 Å². The number of halogens is 1. The summed E-state index contributed by atoms with van der Waals surface area (Å²) >= 11 is 11.4. The Balaban J connectivity index is 1.64. The van der Waals surface area contributed by atoms with Gasteiger partial charge < -0.3 is 15.0 Å². The number of aryl methyl sites for hydroxylation is 1. The number of thiocarbonyl (C=S) groups is 1. The summed E-state index contributed by atoms with van der Waals surface area (Å²) in [5, 5.41) is 23.9. The average Bonchev–Trinajstić information content (AvgIpc) is 2.99. The molecule has 0 atom stereocenters. The molecule has 0 unspecified atom stereocenters. The monoisotopic (exact) mass is 434 g/mol. The van der Waals surface area contributed by atoms with Crippen LogP contribution in [0.2, 0.25) is 5.02 Å². The van der Waals surface area contributed by atoms with Crippen molar-refractivity contribution < 1.29 is 5.11 Å². The van der Waals surface area contributed by atoms with Gasteiger partial charge in [0.1, 0.15) is 0 Å². The van der Waals surface area contributed by atoms with Crippen LogP contribution in [-0.4, -0.2) is 14.8 Å². The molecule has 4 rings (SSSR count). The minimum atomic E-state index is 0.0260. The molecule has 0 aliphatic rings. The molecule has 3 aromatic carbocycles. The van der Waals surface area contributed by atoms with Crippen LogP contribution < -0.4 is 5.32 Å². The zero-order chi connectivity index (χ0) is 21.1. The first-order chi connectivity index (χ1) is 14.5. The lowest BCUT2D eigenvalue weighted by Gasteiger charge is -2.07. The van der Waals surface area contributed by atoms with Gasteiger partial charge in [0.2, 0.25) is 11.0 Å². The molecule has 2 N–H and O–H groups in total. The summed E-state index contributed by atoms with van der Waals surface area (Å²) in [6.07, 6.45) is 0. The third-order valence-electron chi connectivity index (χ3n) is 4.69. The Morgan fingerprint density at radius 2 is 1.83 bits per heavy atom. The second-order valence-electron chi connectivity index (χ2n) is 6.90. The van der Waals surface area contributed by atoms with E-state index in [0.717, 1.165) is 27.7 Å². The number of benzene rings is 3. The Morgan fingerprint density at radius 1 is 1.07 bits per heavy atom. The van der Waals surface area contributed by atoms with Gasteiger partial charge in [-0.3, -0.25) is 0 Å². The van der Waals surface area contributed by atoms with Gasteiger partial charge in [0.15, 0.2) is 5.69 Å². The van der Waals surface area contributed by atoms with Crippen LogP contribution in [0.15, 0.2) is 83.0 Å². The molecule has 30 heavy (non-hydrogen) atoms. The van der Waals surface area contributed by atoms with Crippen molar-refractivity contribution in [1.29, 1.82) is 0 Å². The second kappa shape index (κ2) is 8.65. The van der Waals surface area contributed by atoms with Gasteiger partial charge in [-0.2, -0.15) is 0 Å². The number of hydrogen-bond acceptors (Lipinski definition) is 3. The summed E-state index contributed by atoms with van der Waals surface area (Å²) in [5.74, 6) is 0.0260. The lowest BCUT2D eigenvalue weighted by atomic mass is 10.2. The molecule has 0 radical (unpaired) electrons. The summed E-state index contributed by atoms with van der Waals surface area (Å²) < 4.78 is 1.78. The highest BCUT2D eigenvalue weighted by Crippen LogP contribution is 2.39. The van der Waals surface area contributed by atoms with Gasteiger partial charge >= 0.3 is 0 Å². The molecule has 5 nitrogen and oxygen atoms in total. The molecule has 0 saturated heterocycles. The third-order valence-corrected chi connectivity index (χ3v) is 5.11. The summed E-state index contributed by atoms with van der Waals surface area (Å²) in [6.45, 7) is 2.47. The maximum atomic E-state index is 10.9. The molecule has 0 bridgehead atoms. The number of nitrogens with one attached hydrogen (secondary N) is 1. The van der Waals surface area contributed by atoms with Crippen LogP contribution >= 0.6 is 23.8 Å². The van der Waals surface area contributed by atoms with E-state index in [1.807, 2.05) is 79.7 Å². The van der Waals surface area contributed by atoms with E-state index in [1.54, 1.807) is 4.57 Å². The zero-order valence-electron chi connectivity index (χ0n) is 16.2. The van der Waals surface area contributed by atoms with E-state index in [4.69, 9.17) is 23.8 Å². The van der Waals surface area contributed by atoms with Gasteiger partial charge in [0.25, 0.3) is 0 Å². The minimum absolute atomic E-state index is 0.0260. The van der Waals surface area contributed by atoms with E-state index in [1.165, 1.54) is 0 Å². The zero-order valence-corrected chi connectivity index (χ0v) is 17.8. The number of aromatic nitrogens is 1. The predicted molar refractivity (Wildman–Crippen MR) is 126 cm³/mol. The Hall–Kier alpha value is -3.22. The van der Waals surface area contributed by atoms with Crippen LogP contribution in [0, 0.1) is 6.92 Å². The Labute approximate surface area is 184 Å². The highest BCUT2D eigenvalue weighted by atomic mass is 35.5. The third kappa shape index (κ3) is 4.35. The van der Waals surface area contributed by atoms with E-state index in [-0.39, 0.29) is 11.0 Å². The van der Waals surface area contributed by atoms with Crippen LogP contribution in [0.1, 0.15) is 11.1 Å². The van der Waals surface area contributed by atoms with Gasteiger partial charge in [-0.05, 0) is 55.0 Å². The van der Waals surface area contributed by atoms with Gasteiger partial charge in [-0.15, -0.1) is 10.2 Å². The maximum Gasteiger partial charge on any atom is 0.221 e. The molecule has 1 heterocycles. The fourth-order valence-electron chi connectivity index (χ4n) is 3.23. The molecule has 0 spiro atoms. The average molecular weight is 435 g/mol. The molecule has 0 aliphatic heterocycles. The van der Waals surface area contributed by atoms with E-state index in [9.17, 15) is 5.11 Å². The standard InChI is InChI=1S/C23H19ClN4OS/c1-15-9-11-18(12-10-15)25-23(30)27-26-21-19-7-2-3-8-20(19)28(22(21)29)14-16-5-4-6-17(24)13-16/h2-13,29H,14H2,1H3,(H,25,30). The first-order valence-corrected chi connectivity index (χ1v) is 10.1. The van der Waals surface area contributed by atoms with Crippen molar-refractivity contribution in [2.45, 2.75) is 13.5 Å². The first kappa shape index (κ1) is 20.1. The number of nitrogens with zero attached hydrogens (tertiary/aromatic N) is 3. The topological polar surface area (TPSA) is 61.9 Å². The van der Waals surface area contributed by atoms with Crippen LogP contribution in [0.25, 0.3) is 10.9 Å². The van der Waals surface area contributed by atoms with Crippen molar-refractivity contribution in [3.8, 4) is 5.88 Å². The molecule has 1 aromatic heterocycles.